The van der Waals surface area contributed by atoms with Crippen LogP contribution in [0, 0.1) is 0 Å². The highest BCUT2D eigenvalue weighted by molar-refractivity contribution is 5.82. The molecule has 60 valence electrons. The van der Waals surface area contributed by atoms with Gasteiger partial charge in [0.05, 0.1) is 6.54 Å². The van der Waals surface area contributed by atoms with Gasteiger partial charge >= 0.3 is 0 Å². The lowest BCUT2D eigenvalue weighted by Gasteiger charge is -2.29. The number of hydrogen-bond acceptors (Lipinski definition) is 2. The first kappa shape index (κ1) is 6.89. The molecule has 0 bridgehead atoms. The lowest BCUT2D eigenvalue weighted by atomic mass is 10.0. The van der Waals surface area contributed by atoms with Crippen LogP contribution in [0.4, 0.5) is 0 Å². The van der Waals surface area contributed by atoms with Gasteiger partial charge in [-0.15, -0.1) is 0 Å². The van der Waals surface area contributed by atoms with E-state index in [-0.39, 0.29) is 0 Å². The van der Waals surface area contributed by atoms with Gasteiger partial charge in [-0.2, -0.15) is 0 Å². The van der Waals surface area contributed by atoms with Crippen LogP contribution in [0.5, 0.6) is 0 Å². The zero-order valence-electron chi connectivity index (χ0n) is 7.01. The molecule has 2 aliphatic rings. The topological polar surface area (TPSA) is 15.6 Å². The number of rotatable bonds is 1. The van der Waals surface area contributed by atoms with Crippen LogP contribution in [0.15, 0.2) is 16.3 Å². The maximum Gasteiger partial charge on any atom is 0.0791 e. The highest BCUT2D eigenvalue weighted by Crippen LogP contribution is 2.24. The normalized spacial score (nSPS) is 22.8. The molecule has 0 atom stereocenters. The van der Waals surface area contributed by atoms with Crippen molar-refractivity contribution in [2.24, 2.45) is 4.99 Å². The lowest BCUT2D eigenvalue weighted by molar-refractivity contribution is 0.335. The van der Waals surface area contributed by atoms with Crippen LogP contribution >= 0.6 is 0 Å². The minimum absolute atomic E-state index is 0.934. The number of nitrogens with zero attached hydrogens (tertiary/aromatic N) is 2. The molecule has 0 aromatic rings. The first-order valence-electron chi connectivity index (χ1n) is 4.38. The molecule has 11 heavy (non-hydrogen) atoms. The molecule has 0 aliphatic carbocycles. The van der Waals surface area contributed by atoms with Gasteiger partial charge in [-0.25, -0.2) is 0 Å². The van der Waals surface area contributed by atoms with Gasteiger partial charge in [0.1, 0.15) is 0 Å². The van der Waals surface area contributed by atoms with Crippen LogP contribution in [0.3, 0.4) is 0 Å². The third-order valence-corrected chi connectivity index (χ3v) is 2.50. The Bertz CT molecular complexity index is 216. The molecule has 0 spiro atoms. The summed E-state index contributed by atoms with van der Waals surface area (Å²) in [6, 6.07) is 0. The fourth-order valence-corrected chi connectivity index (χ4v) is 1.87. The van der Waals surface area contributed by atoms with E-state index in [2.05, 4.69) is 23.0 Å². The number of aliphatic imine (C=N–C) groups is 1. The van der Waals surface area contributed by atoms with Gasteiger partial charge in [-0.05, 0) is 25.3 Å². The van der Waals surface area contributed by atoms with Crippen LogP contribution in [0.1, 0.15) is 19.8 Å². The summed E-state index contributed by atoms with van der Waals surface area (Å²) in [6.45, 7) is 5.53. The van der Waals surface area contributed by atoms with Crippen molar-refractivity contribution in [3.63, 3.8) is 0 Å². The standard InChI is InChI=1S/C9H14N2/c1-2-11-5-3-4-8-6-10-7-9(8)11/h6H,2-5,7H2,1H3. The van der Waals surface area contributed by atoms with Crippen LogP contribution in [-0.4, -0.2) is 30.7 Å². The van der Waals surface area contributed by atoms with Gasteiger partial charge in [-0.3, -0.25) is 4.99 Å². The fraction of sp³-hybridized carbons (Fsp3) is 0.667. The molecule has 2 nitrogen and oxygen atoms in total. The number of likely N-dealkylation sites (N-methyl/N-ethyl adjacent to an activating group) is 1. The molecule has 0 amide bonds. The molecule has 0 aromatic heterocycles. The van der Waals surface area contributed by atoms with Crippen molar-refractivity contribution >= 4 is 6.21 Å². The van der Waals surface area contributed by atoms with Crippen LogP contribution in [0.2, 0.25) is 0 Å². The van der Waals surface area contributed by atoms with Crippen molar-refractivity contribution in [2.75, 3.05) is 19.6 Å². The van der Waals surface area contributed by atoms with E-state index in [1.807, 2.05) is 0 Å². The van der Waals surface area contributed by atoms with Gasteiger partial charge in [0, 0.05) is 25.0 Å². The van der Waals surface area contributed by atoms with E-state index < -0.39 is 0 Å². The second-order valence-corrected chi connectivity index (χ2v) is 3.12. The molecule has 0 aromatic carbocycles. The molecular weight excluding hydrogens is 136 g/mol. The van der Waals surface area contributed by atoms with Crippen molar-refractivity contribution < 1.29 is 0 Å². The Morgan fingerprint density at radius 3 is 3.36 bits per heavy atom. The summed E-state index contributed by atoms with van der Waals surface area (Å²) < 4.78 is 0. The first-order chi connectivity index (χ1) is 5.42. The third kappa shape index (κ3) is 1.06. The van der Waals surface area contributed by atoms with Gasteiger partial charge in [0.2, 0.25) is 0 Å². The van der Waals surface area contributed by atoms with Gasteiger partial charge in [0.25, 0.3) is 0 Å². The second-order valence-electron chi connectivity index (χ2n) is 3.12. The van der Waals surface area contributed by atoms with E-state index in [9.17, 15) is 0 Å². The molecule has 2 aliphatic heterocycles. The predicted molar refractivity (Wildman–Crippen MR) is 46.9 cm³/mol. The smallest absolute Gasteiger partial charge is 0.0791 e. The van der Waals surface area contributed by atoms with Crippen molar-refractivity contribution in [3.05, 3.63) is 11.3 Å². The Morgan fingerprint density at radius 2 is 2.55 bits per heavy atom. The Kier molecular flexibility index (Phi) is 1.68. The maximum absolute atomic E-state index is 4.29. The predicted octanol–water partition coefficient (Wildman–Crippen LogP) is 1.44. The SMILES string of the molecule is CCN1CCCC2=C1CN=C2. The second kappa shape index (κ2) is 2.68. The molecule has 0 unspecified atom stereocenters. The third-order valence-electron chi connectivity index (χ3n) is 2.50. The number of hydrogen-bond donors (Lipinski definition) is 0. The van der Waals surface area contributed by atoms with E-state index in [1.165, 1.54) is 30.7 Å². The summed E-state index contributed by atoms with van der Waals surface area (Å²) in [5.74, 6) is 0. The van der Waals surface area contributed by atoms with Crippen LogP contribution in [0.25, 0.3) is 0 Å². The molecule has 2 rings (SSSR count). The van der Waals surface area contributed by atoms with Gasteiger partial charge in [-0.1, -0.05) is 0 Å². The Labute approximate surface area is 67.6 Å². The molecule has 0 saturated carbocycles. The lowest BCUT2D eigenvalue weighted by Crippen LogP contribution is -2.28. The average molecular weight is 150 g/mol. The average Bonchev–Trinajstić information content (AvgIpc) is 2.50. The summed E-state index contributed by atoms with van der Waals surface area (Å²) >= 11 is 0. The summed E-state index contributed by atoms with van der Waals surface area (Å²) in [5.41, 5.74) is 2.97. The molecular formula is C9H14N2. The molecule has 2 heterocycles. The Balaban J connectivity index is 2.21. The zero-order valence-corrected chi connectivity index (χ0v) is 7.01. The van der Waals surface area contributed by atoms with Crippen LogP contribution < -0.4 is 0 Å². The van der Waals surface area contributed by atoms with E-state index in [1.54, 1.807) is 0 Å². The molecule has 0 N–H and O–H groups in total. The Morgan fingerprint density at radius 1 is 1.64 bits per heavy atom. The zero-order chi connectivity index (χ0) is 7.68. The summed E-state index contributed by atoms with van der Waals surface area (Å²) in [7, 11) is 0. The van der Waals surface area contributed by atoms with Gasteiger partial charge < -0.3 is 4.90 Å². The largest absolute Gasteiger partial charge is 0.373 e. The number of allylic oxidation sites excluding steroid dienone is 1. The highest BCUT2D eigenvalue weighted by atomic mass is 15.2. The summed E-state index contributed by atoms with van der Waals surface area (Å²) in [5, 5.41) is 0. The molecule has 0 saturated heterocycles. The molecule has 0 radical (unpaired) electrons. The highest BCUT2D eigenvalue weighted by Gasteiger charge is 2.19. The van der Waals surface area contributed by atoms with Crippen molar-refractivity contribution in [1.82, 2.24) is 4.90 Å². The fourth-order valence-electron chi connectivity index (χ4n) is 1.87. The van der Waals surface area contributed by atoms with Gasteiger partial charge in [0.15, 0.2) is 0 Å². The molecule has 2 heteroatoms. The van der Waals surface area contributed by atoms with Crippen molar-refractivity contribution in [1.29, 1.82) is 0 Å². The van der Waals surface area contributed by atoms with Crippen molar-refractivity contribution in [3.8, 4) is 0 Å². The maximum atomic E-state index is 4.29. The monoisotopic (exact) mass is 150 g/mol. The van der Waals surface area contributed by atoms with E-state index in [0.29, 0.717) is 0 Å². The van der Waals surface area contributed by atoms with Crippen LogP contribution in [-0.2, 0) is 0 Å². The van der Waals surface area contributed by atoms with E-state index in [0.717, 1.165) is 13.1 Å². The quantitative estimate of drug-likeness (QED) is 0.552. The van der Waals surface area contributed by atoms with E-state index in [4.69, 9.17) is 0 Å². The summed E-state index contributed by atoms with van der Waals surface area (Å²) in [6.07, 6.45) is 4.60. The molecule has 0 fully saturated rings. The van der Waals surface area contributed by atoms with Crippen molar-refractivity contribution in [2.45, 2.75) is 19.8 Å². The Hall–Kier alpha value is -0.790. The minimum atomic E-state index is 0.934. The minimum Gasteiger partial charge on any atom is -0.373 e. The first-order valence-corrected chi connectivity index (χ1v) is 4.38. The van der Waals surface area contributed by atoms with E-state index >= 15 is 0 Å². The summed E-state index contributed by atoms with van der Waals surface area (Å²) in [4.78, 5) is 6.74.